The zero-order chi connectivity index (χ0) is 14.5. The molecule has 20 heavy (non-hydrogen) atoms. The molecule has 2 heterocycles. The maximum absolute atomic E-state index is 12.2. The molecule has 0 aliphatic carbocycles. The molecular formula is C15H21N3OS. The number of hydrogen-bond acceptors (Lipinski definition) is 3. The van der Waals surface area contributed by atoms with Crippen molar-refractivity contribution in [2.75, 3.05) is 0 Å². The van der Waals surface area contributed by atoms with Gasteiger partial charge in [-0.05, 0) is 38.0 Å². The SMILES string of the molecule is CCCc1cc(C(=O)N[C@@H](C)Cn2cccn2)sc1C. The summed E-state index contributed by atoms with van der Waals surface area (Å²) in [6, 6.07) is 3.97. The third-order valence-corrected chi connectivity index (χ3v) is 4.25. The molecule has 4 nitrogen and oxygen atoms in total. The maximum Gasteiger partial charge on any atom is 0.261 e. The van der Waals surface area contributed by atoms with Gasteiger partial charge in [0.05, 0.1) is 11.4 Å². The quantitative estimate of drug-likeness (QED) is 0.889. The maximum atomic E-state index is 12.2. The summed E-state index contributed by atoms with van der Waals surface area (Å²) in [5, 5.41) is 7.17. The molecule has 5 heteroatoms. The number of nitrogens with zero attached hydrogens (tertiary/aromatic N) is 2. The van der Waals surface area contributed by atoms with Gasteiger partial charge in [-0.2, -0.15) is 5.10 Å². The Bertz CT molecular complexity index is 560. The highest BCUT2D eigenvalue weighted by atomic mass is 32.1. The Labute approximate surface area is 123 Å². The average Bonchev–Trinajstić information content (AvgIpc) is 3.00. The van der Waals surface area contributed by atoms with Crippen LogP contribution in [0.15, 0.2) is 24.5 Å². The van der Waals surface area contributed by atoms with Crippen LogP contribution in [0, 0.1) is 6.92 Å². The first-order valence-electron chi connectivity index (χ1n) is 6.97. The summed E-state index contributed by atoms with van der Waals surface area (Å²) in [4.78, 5) is 14.3. The highest BCUT2D eigenvalue weighted by Crippen LogP contribution is 2.22. The monoisotopic (exact) mass is 291 g/mol. The van der Waals surface area contributed by atoms with E-state index in [9.17, 15) is 4.79 Å². The number of hydrogen-bond donors (Lipinski definition) is 1. The predicted molar refractivity (Wildman–Crippen MR) is 82.2 cm³/mol. The first kappa shape index (κ1) is 14.8. The summed E-state index contributed by atoms with van der Waals surface area (Å²) in [7, 11) is 0. The summed E-state index contributed by atoms with van der Waals surface area (Å²) >= 11 is 1.58. The Morgan fingerprint density at radius 3 is 3.00 bits per heavy atom. The summed E-state index contributed by atoms with van der Waals surface area (Å²) in [6.07, 6.45) is 5.79. The van der Waals surface area contributed by atoms with Gasteiger partial charge in [-0.1, -0.05) is 13.3 Å². The number of carbonyl (C=O) groups excluding carboxylic acids is 1. The number of carbonyl (C=O) groups is 1. The van der Waals surface area contributed by atoms with Crippen molar-refractivity contribution in [2.24, 2.45) is 0 Å². The van der Waals surface area contributed by atoms with E-state index >= 15 is 0 Å². The van der Waals surface area contributed by atoms with Crippen molar-refractivity contribution in [1.29, 1.82) is 0 Å². The molecule has 0 fully saturated rings. The van der Waals surface area contributed by atoms with Crippen LogP contribution in [-0.2, 0) is 13.0 Å². The largest absolute Gasteiger partial charge is 0.347 e. The molecule has 108 valence electrons. The molecule has 2 rings (SSSR count). The van der Waals surface area contributed by atoms with Crippen LogP contribution in [0.25, 0.3) is 0 Å². The zero-order valence-corrected chi connectivity index (χ0v) is 13.0. The molecule has 0 saturated heterocycles. The number of nitrogens with one attached hydrogen (secondary N) is 1. The van der Waals surface area contributed by atoms with Gasteiger partial charge < -0.3 is 5.32 Å². The second-order valence-corrected chi connectivity index (χ2v) is 6.30. The lowest BCUT2D eigenvalue weighted by Crippen LogP contribution is -2.35. The molecule has 1 atom stereocenters. The van der Waals surface area contributed by atoms with E-state index in [-0.39, 0.29) is 11.9 Å². The summed E-state index contributed by atoms with van der Waals surface area (Å²) < 4.78 is 1.83. The minimum absolute atomic E-state index is 0.0140. The third kappa shape index (κ3) is 3.70. The van der Waals surface area contributed by atoms with E-state index in [1.807, 2.05) is 29.9 Å². The molecular weight excluding hydrogens is 270 g/mol. The predicted octanol–water partition coefficient (Wildman–Crippen LogP) is 3.02. The van der Waals surface area contributed by atoms with Gasteiger partial charge in [0.1, 0.15) is 0 Å². The standard InChI is InChI=1S/C15H21N3OS/c1-4-6-13-9-14(20-12(13)3)15(19)17-11(2)10-18-8-5-7-16-18/h5,7-9,11H,4,6,10H2,1-3H3,(H,17,19)/t11-/m0/s1. The second-order valence-electron chi connectivity index (χ2n) is 5.04. The fourth-order valence-electron chi connectivity index (χ4n) is 2.18. The molecule has 0 aliphatic rings. The van der Waals surface area contributed by atoms with Crippen LogP contribution in [-0.4, -0.2) is 21.7 Å². The van der Waals surface area contributed by atoms with E-state index in [4.69, 9.17) is 0 Å². The number of aryl methyl sites for hydroxylation is 2. The number of aromatic nitrogens is 2. The van der Waals surface area contributed by atoms with Crippen LogP contribution in [0.1, 0.15) is 40.4 Å². The second kappa shape index (κ2) is 6.70. The molecule has 2 aromatic rings. The molecule has 0 radical (unpaired) electrons. The van der Waals surface area contributed by atoms with Gasteiger partial charge in [-0.3, -0.25) is 9.48 Å². The van der Waals surface area contributed by atoms with Crippen LogP contribution in [0.2, 0.25) is 0 Å². The lowest BCUT2D eigenvalue weighted by molar-refractivity contribution is 0.0940. The van der Waals surface area contributed by atoms with Crippen molar-refractivity contribution in [3.8, 4) is 0 Å². The van der Waals surface area contributed by atoms with Crippen molar-refractivity contribution in [1.82, 2.24) is 15.1 Å². The molecule has 0 aliphatic heterocycles. The van der Waals surface area contributed by atoms with E-state index in [1.54, 1.807) is 17.5 Å². The van der Waals surface area contributed by atoms with Crippen molar-refractivity contribution in [3.63, 3.8) is 0 Å². The van der Waals surface area contributed by atoms with Crippen molar-refractivity contribution < 1.29 is 4.79 Å². The molecule has 1 amide bonds. The Hall–Kier alpha value is -1.62. The number of rotatable bonds is 6. The Morgan fingerprint density at radius 2 is 2.35 bits per heavy atom. The first-order valence-corrected chi connectivity index (χ1v) is 7.79. The molecule has 0 unspecified atom stereocenters. The minimum atomic E-state index is 0.0140. The lowest BCUT2D eigenvalue weighted by atomic mass is 10.1. The summed E-state index contributed by atoms with van der Waals surface area (Å²) in [5.74, 6) is 0.0140. The third-order valence-electron chi connectivity index (χ3n) is 3.16. The zero-order valence-electron chi connectivity index (χ0n) is 12.2. The summed E-state index contributed by atoms with van der Waals surface area (Å²) in [6.45, 7) is 6.92. The Balaban J connectivity index is 1.95. The van der Waals surface area contributed by atoms with Gasteiger partial charge in [0.25, 0.3) is 5.91 Å². The summed E-state index contributed by atoms with van der Waals surface area (Å²) in [5.41, 5.74) is 1.29. The topological polar surface area (TPSA) is 46.9 Å². The van der Waals surface area contributed by atoms with Crippen molar-refractivity contribution >= 4 is 17.2 Å². The molecule has 0 bridgehead atoms. The van der Waals surface area contributed by atoms with Crippen LogP contribution in [0.5, 0.6) is 0 Å². The average molecular weight is 291 g/mol. The minimum Gasteiger partial charge on any atom is -0.347 e. The normalized spacial score (nSPS) is 12.3. The number of amides is 1. The molecule has 2 aromatic heterocycles. The van der Waals surface area contributed by atoms with Crippen LogP contribution < -0.4 is 5.32 Å². The van der Waals surface area contributed by atoms with E-state index < -0.39 is 0 Å². The van der Waals surface area contributed by atoms with Crippen LogP contribution in [0.3, 0.4) is 0 Å². The molecule has 0 spiro atoms. The van der Waals surface area contributed by atoms with E-state index in [0.29, 0.717) is 6.54 Å². The van der Waals surface area contributed by atoms with E-state index in [0.717, 1.165) is 17.7 Å². The Morgan fingerprint density at radius 1 is 1.55 bits per heavy atom. The molecule has 1 N–H and O–H groups in total. The van der Waals surface area contributed by atoms with Gasteiger partial charge in [0.2, 0.25) is 0 Å². The lowest BCUT2D eigenvalue weighted by Gasteiger charge is -2.13. The highest BCUT2D eigenvalue weighted by molar-refractivity contribution is 7.14. The number of thiophene rings is 1. The van der Waals surface area contributed by atoms with Crippen molar-refractivity contribution in [2.45, 2.75) is 46.2 Å². The smallest absolute Gasteiger partial charge is 0.261 e. The van der Waals surface area contributed by atoms with E-state index in [1.165, 1.54) is 10.4 Å². The van der Waals surface area contributed by atoms with Gasteiger partial charge in [0, 0.05) is 23.3 Å². The van der Waals surface area contributed by atoms with Gasteiger partial charge in [0.15, 0.2) is 0 Å². The van der Waals surface area contributed by atoms with Crippen molar-refractivity contribution in [3.05, 3.63) is 39.8 Å². The highest BCUT2D eigenvalue weighted by Gasteiger charge is 2.14. The van der Waals surface area contributed by atoms with Gasteiger partial charge >= 0.3 is 0 Å². The molecule has 0 aromatic carbocycles. The first-order chi connectivity index (χ1) is 9.60. The van der Waals surface area contributed by atoms with E-state index in [2.05, 4.69) is 24.3 Å². The van der Waals surface area contributed by atoms with Gasteiger partial charge in [-0.25, -0.2) is 0 Å². The fourth-order valence-corrected chi connectivity index (χ4v) is 3.15. The fraction of sp³-hybridized carbons (Fsp3) is 0.467. The van der Waals surface area contributed by atoms with Crippen LogP contribution >= 0.6 is 11.3 Å². The Kier molecular flexibility index (Phi) is 4.95. The van der Waals surface area contributed by atoms with Gasteiger partial charge in [-0.15, -0.1) is 11.3 Å². The van der Waals surface area contributed by atoms with Crippen LogP contribution in [0.4, 0.5) is 0 Å². The molecule has 0 saturated carbocycles.